The molecule has 3 aromatic rings. The molecule has 0 radical (unpaired) electrons. The summed E-state index contributed by atoms with van der Waals surface area (Å²) in [5.41, 5.74) is 3.02. The van der Waals surface area contributed by atoms with Gasteiger partial charge in [0.15, 0.2) is 5.82 Å². The smallest absolute Gasteiger partial charge is 0.258 e. The normalized spacial score (nSPS) is 14.0. The molecule has 2 aromatic heterocycles. The minimum atomic E-state index is -0.259. The summed E-state index contributed by atoms with van der Waals surface area (Å²) in [5, 5.41) is 3.08. The molecule has 0 atom stereocenters. The maximum Gasteiger partial charge on any atom is 0.258 e. The van der Waals surface area contributed by atoms with Crippen molar-refractivity contribution in [1.29, 1.82) is 0 Å². The fourth-order valence-corrected chi connectivity index (χ4v) is 3.39. The van der Waals surface area contributed by atoms with E-state index in [-0.39, 0.29) is 11.8 Å². The molecular weight excluding hydrogens is 378 g/mol. The molecule has 1 fully saturated rings. The van der Waals surface area contributed by atoms with Gasteiger partial charge in [0.2, 0.25) is 0 Å². The first-order valence-electron chi connectivity index (χ1n) is 10.1. The molecule has 1 aliphatic rings. The monoisotopic (exact) mass is 403 g/mol. The zero-order chi connectivity index (χ0) is 20.9. The van der Waals surface area contributed by atoms with Crippen LogP contribution in [-0.2, 0) is 4.74 Å². The molecule has 3 heterocycles. The van der Waals surface area contributed by atoms with Crippen LogP contribution in [0.15, 0.2) is 55.0 Å². The predicted octanol–water partition coefficient (Wildman–Crippen LogP) is 3.75. The van der Waals surface area contributed by atoms with Crippen molar-refractivity contribution in [1.82, 2.24) is 15.0 Å². The van der Waals surface area contributed by atoms with Crippen molar-refractivity contribution in [2.24, 2.45) is 0 Å². The van der Waals surface area contributed by atoms with Gasteiger partial charge >= 0.3 is 0 Å². The molecule has 0 unspecified atom stereocenters. The Morgan fingerprint density at radius 3 is 2.40 bits per heavy atom. The van der Waals surface area contributed by atoms with Crippen LogP contribution in [0.2, 0.25) is 0 Å². The van der Waals surface area contributed by atoms with Gasteiger partial charge in [-0.05, 0) is 11.6 Å². The minimum Gasteiger partial charge on any atom is -0.378 e. The number of nitrogens with one attached hydrogen (secondary N) is 1. The van der Waals surface area contributed by atoms with E-state index < -0.39 is 0 Å². The van der Waals surface area contributed by atoms with Gasteiger partial charge in [0.05, 0.1) is 24.5 Å². The Morgan fingerprint density at radius 1 is 1.03 bits per heavy atom. The van der Waals surface area contributed by atoms with Gasteiger partial charge in [-0.3, -0.25) is 4.79 Å². The summed E-state index contributed by atoms with van der Waals surface area (Å²) in [6, 6.07) is 11.9. The standard InChI is InChI=1S/C23H25N5O2/c1-16(2)21-25-14-18(15-26-21)23(29)27-20-19(17-6-4-3-5-7-17)8-9-24-22(20)28-10-12-30-13-11-28/h3-9,14-16H,10-13H2,1-2H3,(H,27,29). The Hall–Kier alpha value is -3.32. The second kappa shape index (κ2) is 9.00. The molecule has 154 valence electrons. The molecule has 30 heavy (non-hydrogen) atoms. The molecule has 7 heteroatoms. The molecule has 4 rings (SSSR count). The zero-order valence-electron chi connectivity index (χ0n) is 17.2. The van der Waals surface area contributed by atoms with Crippen LogP contribution < -0.4 is 10.2 Å². The van der Waals surface area contributed by atoms with Crippen molar-refractivity contribution in [2.75, 3.05) is 36.5 Å². The predicted molar refractivity (Wildman–Crippen MR) is 117 cm³/mol. The Balaban J connectivity index is 1.71. The summed E-state index contributed by atoms with van der Waals surface area (Å²) >= 11 is 0. The van der Waals surface area contributed by atoms with Crippen LogP contribution in [0.1, 0.15) is 35.9 Å². The second-order valence-electron chi connectivity index (χ2n) is 7.46. The van der Waals surface area contributed by atoms with E-state index in [0.717, 1.165) is 30.0 Å². The largest absolute Gasteiger partial charge is 0.378 e. The third-order valence-electron chi connectivity index (χ3n) is 5.02. The Morgan fingerprint density at radius 2 is 1.73 bits per heavy atom. The van der Waals surface area contributed by atoms with Crippen molar-refractivity contribution < 1.29 is 9.53 Å². The molecule has 1 aliphatic heterocycles. The van der Waals surface area contributed by atoms with E-state index in [2.05, 4.69) is 25.2 Å². The third kappa shape index (κ3) is 4.31. The van der Waals surface area contributed by atoms with Crippen LogP contribution in [0.25, 0.3) is 11.1 Å². The fourth-order valence-electron chi connectivity index (χ4n) is 3.39. The molecule has 0 bridgehead atoms. The van der Waals surface area contributed by atoms with Crippen LogP contribution in [0.3, 0.4) is 0 Å². The second-order valence-corrected chi connectivity index (χ2v) is 7.46. The van der Waals surface area contributed by atoms with E-state index in [0.29, 0.717) is 30.3 Å². The fraction of sp³-hybridized carbons (Fsp3) is 0.304. The number of carbonyl (C=O) groups excluding carboxylic acids is 1. The van der Waals surface area contributed by atoms with Crippen molar-refractivity contribution >= 4 is 17.4 Å². The molecule has 0 spiro atoms. The van der Waals surface area contributed by atoms with Crippen LogP contribution in [-0.4, -0.2) is 47.2 Å². The third-order valence-corrected chi connectivity index (χ3v) is 5.02. The molecule has 0 aliphatic carbocycles. The van der Waals surface area contributed by atoms with E-state index >= 15 is 0 Å². The number of hydrogen-bond acceptors (Lipinski definition) is 6. The lowest BCUT2D eigenvalue weighted by molar-refractivity contribution is 0.102. The van der Waals surface area contributed by atoms with Crippen LogP contribution in [0.4, 0.5) is 11.5 Å². The highest BCUT2D eigenvalue weighted by Gasteiger charge is 2.21. The number of benzene rings is 1. The molecule has 0 saturated carbocycles. The van der Waals surface area contributed by atoms with E-state index in [4.69, 9.17) is 4.74 Å². The highest BCUT2D eigenvalue weighted by molar-refractivity contribution is 6.08. The van der Waals surface area contributed by atoms with Gasteiger partial charge in [0, 0.05) is 43.2 Å². The lowest BCUT2D eigenvalue weighted by atomic mass is 10.0. The summed E-state index contributed by atoms with van der Waals surface area (Å²) < 4.78 is 5.48. The van der Waals surface area contributed by atoms with E-state index in [1.54, 1.807) is 18.6 Å². The number of rotatable bonds is 5. The van der Waals surface area contributed by atoms with Crippen LogP contribution in [0, 0.1) is 0 Å². The Labute approximate surface area is 176 Å². The topological polar surface area (TPSA) is 80.2 Å². The number of pyridine rings is 1. The average molecular weight is 403 g/mol. The number of ether oxygens (including phenoxy) is 1. The SMILES string of the molecule is CC(C)c1ncc(C(=O)Nc2c(-c3ccccc3)ccnc2N2CCOCC2)cn1. The molecule has 1 saturated heterocycles. The number of nitrogens with zero attached hydrogens (tertiary/aromatic N) is 4. The summed E-state index contributed by atoms with van der Waals surface area (Å²) in [5.74, 6) is 1.41. The van der Waals surface area contributed by atoms with Gasteiger partial charge in [-0.1, -0.05) is 44.2 Å². The number of carbonyl (C=O) groups is 1. The van der Waals surface area contributed by atoms with Crippen molar-refractivity contribution in [3.8, 4) is 11.1 Å². The summed E-state index contributed by atoms with van der Waals surface area (Å²) in [6.07, 6.45) is 4.93. The van der Waals surface area contributed by atoms with Crippen LogP contribution in [0.5, 0.6) is 0 Å². The number of anilines is 2. The van der Waals surface area contributed by atoms with Gasteiger partial charge in [0.25, 0.3) is 5.91 Å². The van der Waals surface area contributed by atoms with Crippen LogP contribution >= 0.6 is 0 Å². The highest BCUT2D eigenvalue weighted by atomic mass is 16.5. The Kier molecular flexibility index (Phi) is 5.99. The van der Waals surface area contributed by atoms with Gasteiger partial charge in [-0.2, -0.15) is 0 Å². The van der Waals surface area contributed by atoms with Crippen molar-refractivity contribution in [2.45, 2.75) is 19.8 Å². The lowest BCUT2D eigenvalue weighted by Gasteiger charge is -2.30. The highest BCUT2D eigenvalue weighted by Crippen LogP contribution is 2.35. The number of amides is 1. The molecular formula is C23H25N5O2. The minimum absolute atomic E-state index is 0.207. The average Bonchev–Trinajstić information content (AvgIpc) is 2.80. The maximum atomic E-state index is 13.1. The molecule has 1 amide bonds. The molecule has 7 nitrogen and oxygen atoms in total. The maximum absolute atomic E-state index is 13.1. The first-order valence-corrected chi connectivity index (χ1v) is 10.1. The van der Waals surface area contributed by atoms with Gasteiger partial charge < -0.3 is 15.0 Å². The number of hydrogen-bond donors (Lipinski definition) is 1. The van der Waals surface area contributed by atoms with Gasteiger partial charge in [-0.25, -0.2) is 15.0 Å². The quantitative estimate of drug-likeness (QED) is 0.699. The van der Waals surface area contributed by atoms with Gasteiger partial charge in [-0.15, -0.1) is 0 Å². The number of aromatic nitrogens is 3. The Bertz CT molecular complexity index is 1000. The summed E-state index contributed by atoms with van der Waals surface area (Å²) in [6.45, 7) is 6.75. The molecule has 1 N–H and O–H groups in total. The van der Waals surface area contributed by atoms with E-state index in [9.17, 15) is 4.79 Å². The molecule has 1 aromatic carbocycles. The number of morpholine rings is 1. The van der Waals surface area contributed by atoms with E-state index in [1.165, 1.54) is 0 Å². The summed E-state index contributed by atoms with van der Waals surface area (Å²) in [7, 11) is 0. The van der Waals surface area contributed by atoms with Crippen molar-refractivity contribution in [3.63, 3.8) is 0 Å². The van der Waals surface area contributed by atoms with Crippen molar-refractivity contribution in [3.05, 3.63) is 66.4 Å². The first-order chi connectivity index (χ1) is 14.6. The summed E-state index contributed by atoms with van der Waals surface area (Å²) in [4.78, 5) is 28.4. The first kappa shape index (κ1) is 20.0. The van der Waals surface area contributed by atoms with Gasteiger partial charge in [0.1, 0.15) is 5.82 Å². The lowest BCUT2D eigenvalue weighted by Crippen LogP contribution is -2.37. The van der Waals surface area contributed by atoms with E-state index in [1.807, 2.05) is 50.2 Å². The zero-order valence-corrected chi connectivity index (χ0v) is 17.2.